The Bertz CT molecular complexity index is 486. The minimum atomic E-state index is -4.20. The number of carbonyl (C=O) groups excluding carboxylic acids is 1. The van der Waals surface area contributed by atoms with Crippen LogP contribution in [0.2, 0.25) is 5.02 Å². The fourth-order valence-corrected chi connectivity index (χ4v) is 1.84. The van der Waals surface area contributed by atoms with Gasteiger partial charge in [-0.15, -0.1) is 0 Å². The monoisotopic (exact) mass is 384 g/mol. The third kappa shape index (κ3) is 8.12. The first-order valence-corrected chi connectivity index (χ1v) is 7.36. The number of allylic oxidation sites excluding steroid dienone is 2. The minimum absolute atomic E-state index is 0.0673. The van der Waals surface area contributed by atoms with Crippen LogP contribution in [0.3, 0.4) is 0 Å². The number of carbonyl (C=O) groups is 1. The number of hydrogen-bond donors (Lipinski definition) is 0. The summed E-state index contributed by atoms with van der Waals surface area (Å²) in [5.74, 6) is -0.504. The molecule has 116 valence electrons. The standard InChI is InChI=1S/C14H13BrClF3O2/c15-11(3-1-2-8-14(17,18)19)9-21-13(20)10-4-6-12(16)7-5-10/h1-2,4-7,11H,3,8-9H2/b2-1+. The molecule has 1 aromatic carbocycles. The molecule has 0 aliphatic carbocycles. The van der Waals surface area contributed by atoms with Crippen molar-refractivity contribution in [3.05, 3.63) is 47.0 Å². The molecular formula is C14H13BrClF3O2. The molecule has 1 rings (SSSR count). The third-order valence-electron chi connectivity index (χ3n) is 2.38. The maximum absolute atomic E-state index is 11.9. The first kappa shape index (κ1) is 18.0. The number of rotatable bonds is 6. The molecule has 0 radical (unpaired) electrons. The SMILES string of the molecule is O=C(OCC(Br)C/C=C/CC(F)(F)F)c1ccc(Cl)cc1. The fraction of sp³-hybridized carbons (Fsp3) is 0.357. The van der Waals surface area contributed by atoms with E-state index < -0.39 is 18.6 Å². The molecule has 0 aromatic heterocycles. The molecule has 1 aromatic rings. The van der Waals surface area contributed by atoms with Crippen molar-refractivity contribution in [2.75, 3.05) is 6.61 Å². The smallest absolute Gasteiger partial charge is 0.392 e. The van der Waals surface area contributed by atoms with Crippen LogP contribution in [-0.4, -0.2) is 23.6 Å². The molecule has 0 N–H and O–H groups in total. The topological polar surface area (TPSA) is 26.3 Å². The van der Waals surface area contributed by atoms with Crippen molar-refractivity contribution in [2.45, 2.75) is 23.8 Å². The fourth-order valence-electron chi connectivity index (χ4n) is 1.36. The first-order valence-electron chi connectivity index (χ1n) is 6.06. The quantitative estimate of drug-likeness (QED) is 0.384. The van der Waals surface area contributed by atoms with Gasteiger partial charge in [-0.25, -0.2) is 4.79 Å². The molecule has 0 aliphatic rings. The van der Waals surface area contributed by atoms with Gasteiger partial charge < -0.3 is 4.74 Å². The summed E-state index contributed by atoms with van der Waals surface area (Å²) in [6, 6.07) is 6.22. The van der Waals surface area contributed by atoms with E-state index in [1.54, 1.807) is 12.1 Å². The van der Waals surface area contributed by atoms with Crippen LogP contribution in [0.15, 0.2) is 36.4 Å². The third-order valence-corrected chi connectivity index (χ3v) is 3.27. The molecule has 1 atom stereocenters. The first-order chi connectivity index (χ1) is 9.78. The van der Waals surface area contributed by atoms with Crippen molar-refractivity contribution in [1.82, 2.24) is 0 Å². The second-order valence-corrected chi connectivity index (χ2v) is 5.96. The van der Waals surface area contributed by atoms with E-state index in [1.807, 2.05) is 0 Å². The van der Waals surface area contributed by atoms with Crippen molar-refractivity contribution in [1.29, 1.82) is 0 Å². The van der Waals surface area contributed by atoms with E-state index in [0.717, 1.165) is 6.08 Å². The average molecular weight is 386 g/mol. The number of esters is 1. The lowest BCUT2D eigenvalue weighted by Gasteiger charge is -2.09. The van der Waals surface area contributed by atoms with Gasteiger partial charge in [0.15, 0.2) is 0 Å². The largest absolute Gasteiger partial charge is 0.461 e. The molecule has 2 nitrogen and oxygen atoms in total. The normalized spacial score (nSPS) is 13.4. The Hall–Kier alpha value is -1.01. The maximum Gasteiger partial charge on any atom is 0.392 e. The summed E-state index contributed by atoms with van der Waals surface area (Å²) in [5.41, 5.74) is 0.367. The van der Waals surface area contributed by atoms with Gasteiger partial charge in [0.05, 0.1) is 16.8 Å². The van der Waals surface area contributed by atoms with E-state index in [-0.39, 0.29) is 11.4 Å². The van der Waals surface area contributed by atoms with Crippen LogP contribution in [0.1, 0.15) is 23.2 Å². The Kier molecular flexibility index (Phi) is 7.25. The van der Waals surface area contributed by atoms with E-state index in [2.05, 4.69) is 15.9 Å². The molecule has 0 aliphatic heterocycles. The molecule has 0 spiro atoms. The van der Waals surface area contributed by atoms with E-state index in [9.17, 15) is 18.0 Å². The molecule has 0 bridgehead atoms. The van der Waals surface area contributed by atoms with Crippen molar-refractivity contribution >= 4 is 33.5 Å². The molecule has 0 saturated heterocycles. The molecule has 1 unspecified atom stereocenters. The lowest BCUT2D eigenvalue weighted by atomic mass is 10.2. The van der Waals surface area contributed by atoms with Gasteiger partial charge in [0.25, 0.3) is 0 Å². The van der Waals surface area contributed by atoms with Crippen molar-refractivity contribution in [2.24, 2.45) is 0 Å². The van der Waals surface area contributed by atoms with E-state index in [0.29, 0.717) is 17.0 Å². The number of hydrogen-bond acceptors (Lipinski definition) is 2. The lowest BCUT2D eigenvalue weighted by molar-refractivity contribution is -0.125. The second-order valence-electron chi connectivity index (χ2n) is 4.23. The second kappa shape index (κ2) is 8.44. The van der Waals surface area contributed by atoms with Crippen molar-refractivity contribution < 1.29 is 22.7 Å². The zero-order chi connectivity index (χ0) is 15.9. The Morgan fingerprint density at radius 1 is 1.29 bits per heavy atom. The van der Waals surface area contributed by atoms with Gasteiger partial charge in [0.1, 0.15) is 6.61 Å². The van der Waals surface area contributed by atoms with E-state index >= 15 is 0 Å². The Morgan fingerprint density at radius 3 is 2.48 bits per heavy atom. The Morgan fingerprint density at radius 2 is 1.90 bits per heavy atom. The number of halogens is 5. The Labute approximate surface area is 134 Å². The van der Waals surface area contributed by atoms with Crippen LogP contribution >= 0.6 is 27.5 Å². The van der Waals surface area contributed by atoms with Gasteiger partial charge >= 0.3 is 12.1 Å². The molecule has 0 fully saturated rings. The summed E-state index contributed by atoms with van der Waals surface area (Å²) in [6.07, 6.45) is -2.36. The van der Waals surface area contributed by atoms with E-state index in [4.69, 9.17) is 16.3 Å². The predicted molar refractivity (Wildman–Crippen MR) is 78.9 cm³/mol. The van der Waals surface area contributed by atoms with Crippen molar-refractivity contribution in [3.63, 3.8) is 0 Å². The van der Waals surface area contributed by atoms with Crippen LogP contribution in [0.4, 0.5) is 13.2 Å². The van der Waals surface area contributed by atoms with Gasteiger partial charge in [0, 0.05) is 5.02 Å². The average Bonchev–Trinajstić information content (AvgIpc) is 2.41. The molecule has 0 amide bonds. The van der Waals surface area contributed by atoms with Gasteiger partial charge in [-0.1, -0.05) is 39.7 Å². The van der Waals surface area contributed by atoms with Gasteiger partial charge in [-0.2, -0.15) is 13.2 Å². The molecule has 0 heterocycles. The number of benzene rings is 1. The summed E-state index contributed by atoms with van der Waals surface area (Å²) in [7, 11) is 0. The number of alkyl halides is 4. The zero-order valence-electron chi connectivity index (χ0n) is 10.9. The van der Waals surface area contributed by atoms with Crippen molar-refractivity contribution in [3.8, 4) is 0 Å². The zero-order valence-corrected chi connectivity index (χ0v) is 13.2. The van der Waals surface area contributed by atoms with E-state index in [1.165, 1.54) is 18.2 Å². The minimum Gasteiger partial charge on any atom is -0.461 e. The summed E-state index contributed by atoms with van der Waals surface area (Å²) in [5, 5.41) is 0.514. The van der Waals surface area contributed by atoms with Crippen LogP contribution in [0.25, 0.3) is 0 Å². The number of ether oxygens (including phenoxy) is 1. The summed E-state index contributed by atoms with van der Waals surface area (Å²) >= 11 is 8.94. The summed E-state index contributed by atoms with van der Waals surface area (Å²) < 4.78 is 40.8. The summed E-state index contributed by atoms with van der Waals surface area (Å²) in [6.45, 7) is 0.0673. The maximum atomic E-state index is 11.9. The highest BCUT2D eigenvalue weighted by atomic mass is 79.9. The van der Waals surface area contributed by atoms with Gasteiger partial charge in [0.2, 0.25) is 0 Å². The highest BCUT2D eigenvalue weighted by Gasteiger charge is 2.24. The predicted octanol–water partition coefficient (Wildman–Crippen LogP) is 5.16. The van der Waals surface area contributed by atoms with Gasteiger partial charge in [-0.05, 0) is 30.7 Å². The summed E-state index contributed by atoms with van der Waals surface area (Å²) in [4.78, 5) is 11.4. The molecule has 7 heteroatoms. The molecule has 0 saturated carbocycles. The highest BCUT2D eigenvalue weighted by Crippen LogP contribution is 2.20. The van der Waals surface area contributed by atoms with Crippen LogP contribution in [-0.2, 0) is 4.74 Å². The van der Waals surface area contributed by atoms with Crippen LogP contribution in [0, 0.1) is 0 Å². The molecule has 21 heavy (non-hydrogen) atoms. The molecular weight excluding hydrogens is 373 g/mol. The lowest BCUT2D eigenvalue weighted by Crippen LogP contribution is -2.13. The Balaban J connectivity index is 2.31. The van der Waals surface area contributed by atoms with Crippen LogP contribution < -0.4 is 0 Å². The van der Waals surface area contributed by atoms with Gasteiger partial charge in [-0.3, -0.25) is 0 Å². The highest BCUT2D eigenvalue weighted by molar-refractivity contribution is 9.09. The van der Waals surface area contributed by atoms with Crippen LogP contribution in [0.5, 0.6) is 0 Å².